The van der Waals surface area contributed by atoms with Crippen molar-refractivity contribution in [3.05, 3.63) is 53.6 Å². The first-order valence-corrected chi connectivity index (χ1v) is 7.99. The highest BCUT2D eigenvalue weighted by Crippen LogP contribution is 2.40. The molecule has 0 aliphatic heterocycles. The van der Waals surface area contributed by atoms with Crippen molar-refractivity contribution in [2.75, 3.05) is 26.6 Å². The van der Waals surface area contributed by atoms with Crippen molar-refractivity contribution >= 4 is 17.7 Å². The number of hydrogen-bond acceptors (Lipinski definition) is 4. The quantitative estimate of drug-likeness (QED) is 0.775. The van der Waals surface area contributed by atoms with Crippen LogP contribution in [0.4, 0.5) is 5.69 Å². The fraction of sp³-hybridized carbons (Fsp3) is 0.250. The van der Waals surface area contributed by atoms with E-state index in [0.717, 1.165) is 17.7 Å². The molecule has 1 amide bonds. The van der Waals surface area contributed by atoms with Gasteiger partial charge in [-0.15, -0.1) is 0 Å². The number of aryl methyl sites for hydroxylation is 1. The van der Waals surface area contributed by atoms with Gasteiger partial charge in [0.2, 0.25) is 11.7 Å². The zero-order valence-electron chi connectivity index (χ0n) is 15.0. The van der Waals surface area contributed by atoms with Crippen molar-refractivity contribution in [2.45, 2.75) is 13.3 Å². The second kappa shape index (κ2) is 8.78. The summed E-state index contributed by atoms with van der Waals surface area (Å²) < 4.78 is 16.0. The molecule has 0 unspecified atom stereocenters. The number of methoxy groups -OCH3 is 3. The van der Waals surface area contributed by atoms with E-state index >= 15 is 0 Å². The van der Waals surface area contributed by atoms with Gasteiger partial charge in [-0.3, -0.25) is 4.79 Å². The molecule has 0 spiro atoms. The minimum atomic E-state index is -0.221. The van der Waals surface area contributed by atoms with E-state index in [-0.39, 0.29) is 5.91 Å². The molecular weight excluding hydrogens is 318 g/mol. The molecule has 25 heavy (non-hydrogen) atoms. The molecule has 0 bridgehead atoms. The lowest BCUT2D eigenvalue weighted by Crippen LogP contribution is -2.07. The van der Waals surface area contributed by atoms with Crippen molar-refractivity contribution < 1.29 is 19.0 Å². The predicted octanol–water partition coefficient (Wildman–Crippen LogP) is 3.93. The highest BCUT2D eigenvalue weighted by Gasteiger charge is 2.14. The average molecular weight is 341 g/mol. The Morgan fingerprint density at radius 1 is 0.960 bits per heavy atom. The summed E-state index contributed by atoms with van der Waals surface area (Å²) in [6.07, 6.45) is 4.10. The Bertz CT molecular complexity index is 751. The van der Waals surface area contributed by atoms with Crippen LogP contribution in [0.15, 0.2) is 42.5 Å². The highest BCUT2D eigenvalue weighted by atomic mass is 16.5. The molecule has 0 aliphatic carbocycles. The van der Waals surface area contributed by atoms with E-state index in [1.54, 1.807) is 39.5 Å². The van der Waals surface area contributed by atoms with E-state index in [2.05, 4.69) is 12.2 Å². The maximum atomic E-state index is 12.1. The van der Waals surface area contributed by atoms with Crippen LogP contribution in [0.3, 0.4) is 0 Å². The largest absolute Gasteiger partial charge is 0.493 e. The summed E-state index contributed by atoms with van der Waals surface area (Å²) >= 11 is 0. The van der Waals surface area contributed by atoms with Crippen LogP contribution >= 0.6 is 0 Å². The zero-order chi connectivity index (χ0) is 18.2. The Morgan fingerprint density at radius 3 is 2.20 bits per heavy atom. The number of carbonyl (C=O) groups is 1. The third-order valence-corrected chi connectivity index (χ3v) is 3.78. The zero-order valence-corrected chi connectivity index (χ0v) is 15.0. The number of rotatable bonds is 7. The first kappa shape index (κ1) is 18.4. The summed E-state index contributed by atoms with van der Waals surface area (Å²) in [6.45, 7) is 2.09. The van der Waals surface area contributed by atoms with Gasteiger partial charge in [0.15, 0.2) is 11.5 Å². The SMILES string of the molecule is CCc1ccc(NC(=O)C=Cc2ccc(OC)c(OC)c2OC)cc1. The minimum absolute atomic E-state index is 0.221. The Hall–Kier alpha value is -2.95. The maximum absolute atomic E-state index is 12.1. The molecule has 0 saturated carbocycles. The molecule has 2 aromatic rings. The second-order valence-corrected chi connectivity index (χ2v) is 5.30. The van der Waals surface area contributed by atoms with E-state index in [9.17, 15) is 4.79 Å². The monoisotopic (exact) mass is 341 g/mol. The lowest BCUT2D eigenvalue weighted by atomic mass is 10.1. The van der Waals surface area contributed by atoms with Crippen molar-refractivity contribution in [3.63, 3.8) is 0 Å². The van der Waals surface area contributed by atoms with E-state index in [1.165, 1.54) is 11.6 Å². The lowest BCUT2D eigenvalue weighted by molar-refractivity contribution is -0.111. The summed E-state index contributed by atoms with van der Waals surface area (Å²) in [5.74, 6) is 1.35. The number of nitrogens with one attached hydrogen (secondary N) is 1. The normalized spacial score (nSPS) is 10.6. The summed E-state index contributed by atoms with van der Waals surface area (Å²) in [4.78, 5) is 12.1. The molecule has 0 fully saturated rings. The smallest absolute Gasteiger partial charge is 0.248 e. The first-order valence-electron chi connectivity index (χ1n) is 7.99. The minimum Gasteiger partial charge on any atom is -0.493 e. The molecule has 2 aromatic carbocycles. The highest BCUT2D eigenvalue weighted by molar-refractivity contribution is 6.02. The van der Waals surface area contributed by atoms with Gasteiger partial charge in [-0.1, -0.05) is 19.1 Å². The van der Waals surface area contributed by atoms with E-state index in [0.29, 0.717) is 17.2 Å². The van der Waals surface area contributed by atoms with Gasteiger partial charge < -0.3 is 19.5 Å². The lowest BCUT2D eigenvalue weighted by Gasteiger charge is -2.14. The summed E-state index contributed by atoms with van der Waals surface area (Å²) in [6, 6.07) is 11.3. The number of benzene rings is 2. The van der Waals surface area contributed by atoms with Gasteiger partial charge >= 0.3 is 0 Å². The Labute approximate surface area is 148 Å². The van der Waals surface area contributed by atoms with Crippen LogP contribution in [0.2, 0.25) is 0 Å². The van der Waals surface area contributed by atoms with Crippen LogP contribution in [0.25, 0.3) is 6.08 Å². The van der Waals surface area contributed by atoms with E-state index < -0.39 is 0 Å². The molecule has 0 heterocycles. The number of amides is 1. The fourth-order valence-corrected chi connectivity index (χ4v) is 2.43. The first-order chi connectivity index (χ1) is 12.1. The van der Waals surface area contributed by atoms with Crippen LogP contribution in [-0.4, -0.2) is 27.2 Å². The summed E-state index contributed by atoms with van der Waals surface area (Å²) in [5.41, 5.74) is 2.70. The number of ether oxygens (including phenoxy) is 3. The maximum Gasteiger partial charge on any atom is 0.248 e. The van der Waals surface area contributed by atoms with Crippen molar-refractivity contribution in [3.8, 4) is 17.2 Å². The number of anilines is 1. The van der Waals surface area contributed by atoms with Gasteiger partial charge in [0.05, 0.1) is 21.3 Å². The molecule has 132 valence electrons. The van der Waals surface area contributed by atoms with Crippen LogP contribution < -0.4 is 19.5 Å². The van der Waals surface area contributed by atoms with Gasteiger partial charge in [0.1, 0.15) is 0 Å². The number of carbonyl (C=O) groups excluding carboxylic acids is 1. The summed E-state index contributed by atoms with van der Waals surface area (Å²) in [5, 5.41) is 2.83. The third-order valence-electron chi connectivity index (χ3n) is 3.78. The van der Waals surface area contributed by atoms with E-state index in [4.69, 9.17) is 14.2 Å². The Kier molecular flexibility index (Phi) is 6.46. The Balaban J connectivity index is 2.15. The Morgan fingerprint density at radius 2 is 1.64 bits per heavy atom. The van der Waals surface area contributed by atoms with Gasteiger partial charge in [0, 0.05) is 17.3 Å². The standard InChI is InChI=1S/C20H23NO4/c1-5-14-6-10-16(11-7-14)21-18(22)13-9-15-8-12-17(23-2)20(25-4)19(15)24-3/h6-13H,5H2,1-4H3,(H,21,22). The molecule has 5 nitrogen and oxygen atoms in total. The number of hydrogen-bond donors (Lipinski definition) is 1. The van der Waals surface area contributed by atoms with Gasteiger partial charge in [0.25, 0.3) is 0 Å². The van der Waals surface area contributed by atoms with Crippen LogP contribution in [0, 0.1) is 0 Å². The van der Waals surface area contributed by atoms with Gasteiger partial charge in [-0.2, -0.15) is 0 Å². The van der Waals surface area contributed by atoms with Gasteiger partial charge in [-0.25, -0.2) is 0 Å². The molecule has 2 rings (SSSR count). The van der Waals surface area contributed by atoms with E-state index in [1.807, 2.05) is 24.3 Å². The molecule has 0 aliphatic rings. The summed E-state index contributed by atoms with van der Waals surface area (Å²) in [7, 11) is 4.65. The molecule has 1 N–H and O–H groups in total. The molecule has 0 atom stereocenters. The molecule has 0 aromatic heterocycles. The van der Waals surface area contributed by atoms with Crippen molar-refractivity contribution in [1.82, 2.24) is 0 Å². The molecular formula is C20H23NO4. The predicted molar refractivity (Wildman–Crippen MR) is 99.6 cm³/mol. The second-order valence-electron chi connectivity index (χ2n) is 5.30. The third kappa shape index (κ3) is 4.53. The average Bonchev–Trinajstić information content (AvgIpc) is 2.65. The fourth-order valence-electron chi connectivity index (χ4n) is 2.43. The van der Waals surface area contributed by atoms with Gasteiger partial charge in [-0.05, 0) is 42.3 Å². The van der Waals surface area contributed by atoms with Crippen molar-refractivity contribution in [1.29, 1.82) is 0 Å². The van der Waals surface area contributed by atoms with Crippen LogP contribution in [0.1, 0.15) is 18.1 Å². The van der Waals surface area contributed by atoms with Crippen LogP contribution in [-0.2, 0) is 11.2 Å². The topological polar surface area (TPSA) is 56.8 Å². The van der Waals surface area contributed by atoms with Crippen LogP contribution in [0.5, 0.6) is 17.2 Å². The molecule has 5 heteroatoms. The molecule has 0 radical (unpaired) electrons. The molecule has 0 saturated heterocycles. The van der Waals surface area contributed by atoms with Crippen molar-refractivity contribution in [2.24, 2.45) is 0 Å².